The molecule has 23 heavy (non-hydrogen) atoms. The van der Waals surface area contributed by atoms with Crippen molar-refractivity contribution in [3.63, 3.8) is 0 Å². The second-order valence-electron chi connectivity index (χ2n) is 4.58. The van der Waals surface area contributed by atoms with Crippen LogP contribution in [0, 0.1) is 10.1 Å². The number of nitro groups is 1. The Morgan fingerprint density at radius 1 is 1.26 bits per heavy atom. The average Bonchev–Trinajstić information content (AvgIpc) is 3.07. The molecule has 1 aromatic carbocycles. The van der Waals surface area contributed by atoms with Gasteiger partial charge in [0.15, 0.2) is 0 Å². The van der Waals surface area contributed by atoms with Gasteiger partial charge in [-0.1, -0.05) is 30.3 Å². The van der Waals surface area contributed by atoms with E-state index < -0.39 is 4.92 Å². The zero-order chi connectivity index (χ0) is 16.2. The Kier molecular flexibility index (Phi) is 4.11. The second-order valence-corrected chi connectivity index (χ2v) is 5.51. The van der Waals surface area contributed by atoms with Crippen molar-refractivity contribution in [2.75, 3.05) is 11.1 Å². The van der Waals surface area contributed by atoms with Crippen molar-refractivity contribution < 1.29 is 4.92 Å². The highest BCUT2D eigenvalue weighted by Gasteiger charge is 2.20. The molecule has 3 rings (SSSR count). The lowest BCUT2D eigenvalue weighted by Gasteiger charge is -2.17. The van der Waals surface area contributed by atoms with Gasteiger partial charge in [-0.25, -0.2) is 9.97 Å². The first-order chi connectivity index (χ1) is 11.1. The fraction of sp³-hybridized carbons (Fsp3) is 0.0714. The molecule has 0 saturated heterocycles. The summed E-state index contributed by atoms with van der Waals surface area (Å²) in [5.41, 5.74) is 6.27. The molecule has 1 unspecified atom stereocenters. The number of nitrogen functional groups attached to an aromatic ring is 1. The summed E-state index contributed by atoms with van der Waals surface area (Å²) in [7, 11) is 0. The van der Waals surface area contributed by atoms with Crippen molar-refractivity contribution in [3.05, 3.63) is 68.8 Å². The highest BCUT2D eigenvalue weighted by Crippen LogP contribution is 2.28. The number of anilines is 2. The second kappa shape index (κ2) is 6.36. The van der Waals surface area contributed by atoms with Crippen molar-refractivity contribution in [2.45, 2.75) is 6.04 Å². The summed E-state index contributed by atoms with van der Waals surface area (Å²) in [5.74, 6) is 0.0237. The van der Waals surface area contributed by atoms with Gasteiger partial charge in [0.2, 0.25) is 11.8 Å². The minimum atomic E-state index is -0.616. The van der Waals surface area contributed by atoms with Crippen LogP contribution in [0.25, 0.3) is 0 Å². The zero-order valence-corrected chi connectivity index (χ0v) is 12.6. The summed E-state index contributed by atoms with van der Waals surface area (Å²) in [5, 5.41) is 16.6. The smallest absolute Gasteiger partial charge is 0.329 e. The minimum Gasteiger partial charge on any atom is -0.378 e. The van der Waals surface area contributed by atoms with E-state index in [0.717, 1.165) is 16.8 Å². The van der Waals surface area contributed by atoms with E-state index in [1.54, 1.807) is 6.20 Å². The van der Waals surface area contributed by atoms with Crippen molar-refractivity contribution in [2.24, 2.45) is 0 Å². The summed E-state index contributed by atoms with van der Waals surface area (Å²) in [6.45, 7) is 0. The maximum atomic E-state index is 10.8. The number of nitrogens with zero attached hydrogens (tertiary/aromatic N) is 4. The quantitative estimate of drug-likeness (QED) is 0.545. The first-order valence-electron chi connectivity index (χ1n) is 6.63. The van der Waals surface area contributed by atoms with Gasteiger partial charge in [0.1, 0.15) is 17.2 Å². The van der Waals surface area contributed by atoms with Crippen LogP contribution in [0.2, 0.25) is 0 Å². The van der Waals surface area contributed by atoms with Crippen LogP contribution >= 0.6 is 11.3 Å². The van der Waals surface area contributed by atoms with Crippen LogP contribution in [0.15, 0.2) is 48.1 Å². The maximum Gasteiger partial charge on any atom is 0.329 e. The van der Waals surface area contributed by atoms with Crippen LogP contribution < -0.4 is 11.1 Å². The van der Waals surface area contributed by atoms with Crippen molar-refractivity contribution in [1.82, 2.24) is 15.0 Å². The molecule has 0 fully saturated rings. The number of thiazole rings is 1. The Morgan fingerprint density at radius 2 is 2.04 bits per heavy atom. The first kappa shape index (κ1) is 14.9. The molecular formula is C14H12N6O2S. The van der Waals surface area contributed by atoms with E-state index in [1.165, 1.54) is 11.3 Å². The molecule has 0 amide bonds. The number of rotatable bonds is 5. The van der Waals surface area contributed by atoms with E-state index in [9.17, 15) is 10.1 Å². The lowest BCUT2D eigenvalue weighted by atomic mass is 10.1. The van der Waals surface area contributed by atoms with Gasteiger partial charge in [0.25, 0.3) is 0 Å². The zero-order valence-electron chi connectivity index (χ0n) is 11.8. The summed E-state index contributed by atoms with van der Waals surface area (Å²) in [4.78, 5) is 22.4. The van der Waals surface area contributed by atoms with Gasteiger partial charge in [-0.2, -0.15) is 4.98 Å². The molecule has 3 N–H and O–H groups in total. The molecular weight excluding hydrogens is 316 g/mol. The Morgan fingerprint density at radius 3 is 2.65 bits per heavy atom. The number of hydrogen-bond acceptors (Lipinski definition) is 8. The van der Waals surface area contributed by atoms with E-state index in [0.29, 0.717) is 0 Å². The monoisotopic (exact) mass is 328 g/mol. The molecule has 2 heterocycles. The number of hydrogen-bond donors (Lipinski definition) is 2. The molecule has 0 bridgehead atoms. The van der Waals surface area contributed by atoms with E-state index in [4.69, 9.17) is 5.73 Å². The molecule has 2 aromatic heterocycles. The standard InChI is InChI=1S/C14H12N6O2S/c15-12-10(20(21)22)8-17-14(19-12)18-11(13-16-6-7-23-13)9-4-2-1-3-5-9/h1-8,11H,(H3,15,17,18,19). The fourth-order valence-electron chi connectivity index (χ4n) is 2.04. The van der Waals surface area contributed by atoms with Gasteiger partial charge >= 0.3 is 5.69 Å². The number of aromatic nitrogens is 3. The normalized spacial score (nSPS) is 11.8. The summed E-state index contributed by atoms with van der Waals surface area (Å²) in [6.07, 6.45) is 2.80. The predicted molar refractivity (Wildman–Crippen MR) is 87.1 cm³/mol. The SMILES string of the molecule is Nc1nc(NC(c2ccccc2)c2nccs2)ncc1[N+](=O)[O-]. The molecule has 9 heteroatoms. The van der Waals surface area contributed by atoms with Gasteiger partial charge in [-0.15, -0.1) is 11.3 Å². The molecule has 0 aliphatic carbocycles. The fourth-order valence-corrected chi connectivity index (χ4v) is 2.75. The Bertz CT molecular complexity index is 809. The summed E-state index contributed by atoms with van der Waals surface area (Å²) >= 11 is 1.49. The molecule has 116 valence electrons. The first-order valence-corrected chi connectivity index (χ1v) is 7.51. The topological polar surface area (TPSA) is 120 Å². The van der Waals surface area contributed by atoms with Crippen molar-refractivity contribution in [1.29, 1.82) is 0 Å². The highest BCUT2D eigenvalue weighted by molar-refractivity contribution is 7.09. The lowest BCUT2D eigenvalue weighted by Crippen LogP contribution is -2.15. The third kappa shape index (κ3) is 3.24. The van der Waals surface area contributed by atoms with Gasteiger partial charge in [-0.05, 0) is 5.56 Å². The largest absolute Gasteiger partial charge is 0.378 e. The summed E-state index contributed by atoms with van der Waals surface area (Å²) in [6, 6.07) is 9.40. The predicted octanol–water partition coefficient (Wildman–Crippen LogP) is 2.63. The van der Waals surface area contributed by atoms with Gasteiger partial charge in [0.05, 0.1) is 4.92 Å². The van der Waals surface area contributed by atoms with Crippen LogP contribution in [0.5, 0.6) is 0 Å². The number of nitrogens with two attached hydrogens (primary N) is 1. The number of nitrogens with one attached hydrogen (secondary N) is 1. The van der Waals surface area contributed by atoms with Gasteiger partial charge in [-0.3, -0.25) is 10.1 Å². The van der Waals surface area contributed by atoms with Crippen molar-refractivity contribution in [3.8, 4) is 0 Å². The van der Waals surface area contributed by atoms with Crippen LogP contribution in [-0.2, 0) is 0 Å². The van der Waals surface area contributed by atoms with E-state index >= 15 is 0 Å². The van der Waals surface area contributed by atoms with Crippen LogP contribution in [-0.4, -0.2) is 19.9 Å². The molecule has 0 aliphatic rings. The molecule has 8 nitrogen and oxygen atoms in total. The Balaban J connectivity index is 1.93. The molecule has 0 saturated carbocycles. The molecule has 0 aliphatic heterocycles. The lowest BCUT2D eigenvalue weighted by molar-refractivity contribution is -0.384. The third-order valence-electron chi connectivity index (χ3n) is 3.10. The van der Waals surface area contributed by atoms with Crippen LogP contribution in [0.4, 0.5) is 17.5 Å². The van der Waals surface area contributed by atoms with Gasteiger partial charge in [0, 0.05) is 11.6 Å². The molecule has 0 radical (unpaired) electrons. The van der Waals surface area contributed by atoms with E-state index in [2.05, 4.69) is 20.3 Å². The van der Waals surface area contributed by atoms with Crippen LogP contribution in [0.1, 0.15) is 16.6 Å². The Labute approximate surface area is 135 Å². The third-order valence-corrected chi connectivity index (χ3v) is 3.94. The maximum absolute atomic E-state index is 10.8. The van der Waals surface area contributed by atoms with Gasteiger partial charge < -0.3 is 11.1 Å². The van der Waals surface area contributed by atoms with Crippen molar-refractivity contribution >= 4 is 28.8 Å². The highest BCUT2D eigenvalue weighted by atomic mass is 32.1. The average molecular weight is 328 g/mol. The molecule has 3 aromatic rings. The minimum absolute atomic E-state index is 0.182. The molecule has 1 atom stereocenters. The number of benzene rings is 1. The summed E-state index contributed by atoms with van der Waals surface area (Å²) < 4.78 is 0. The molecule has 0 spiro atoms. The van der Waals surface area contributed by atoms with E-state index in [-0.39, 0.29) is 23.5 Å². The van der Waals surface area contributed by atoms with E-state index in [1.807, 2.05) is 35.7 Å². The van der Waals surface area contributed by atoms with Crippen LogP contribution in [0.3, 0.4) is 0 Å². The Hall–Kier alpha value is -3.07.